The summed E-state index contributed by atoms with van der Waals surface area (Å²) in [5.41, 5.74) is -0.556. The Balaban J connectivity index is 1.88. The van der Waals surface area contributed by atoms with Crippen LogP contribution in [-0.2, 0) is 4.74 Å². The molecular weight excluding hydrogens is 324 g/mol. The summed E-state index contributed by atoms with van der Waals surface area (Å²) in [6.45, 7) is 9.97. The maximum absolute atomic E-state index is 12.1. The van der Waals surface area contributed by atoms with Crippen LogP contribution in [0.2, 0.25) is 0 Å². The molecule has 2 heterocycles. The maximum atomic E-state index is 12.1. The van der Waals surface area contributed by atoms with E-state index in [2.05, 4.69) is 4.98 Å². The molecule has 0 spiro atoms. The van der Waals surface area contributed by atoms with Crippen LogP contribution in [0.4, 0.5) is 4.79 Å². The topological polar surface area (TPSA) is 81.1 Å². The minimum Gasteiger partial charge on any atom is -0.489 e. The number of piperidine rings is 1. The molecule has 1 fully saturated rings. The molecule has 0 aliphatic carbocycles. The van der Waals surface area contributed by atoms with Crippen LogP contribution in [0.25, 0.3) is 0 Å². The molecular formula is C18H28N2O5. The zero-order valence-electron chi connectivity index (χ0n) is 15.6. The average molecular weight is 352 g/mol. The smallest absolute Gasteiger partial charge is 0.410 e. The van der Waals surface area contributed by atoms with E-state index in [1.54, 1.807) is 18.3 Å². The number of likely N-dealkylation sites (tertiary alicyclic amines) is 1. The third-order valence-electron chi connectivity index (χ3n) is 3.52. The first-order valence-corrected chi connectivity index (χ1v) is 8.59. The Morgan fingerprint density at radius 1 is 1.36 bits per heavy atom. The highest BCUT2D eigenvalue weighted by molar-refractivity contribution is 5.68. The van der Waals surface area contributed by atoms with Crippen molar-refractivity contribution in [1.29, 1.82) is 0 Å². The molecule has 2 rings (SSSR count). The fourth-order valence-corrected chi connectivity index (χ4v) is 2.47. The highest BCUT2D eigenvalue weighted by Crippen LogP contribution is 2.21. The summed E-state index contributed by atoms with van der Waals surface area (Å²) in [5.74, 6) is 1.09. The van der Waals surface area contributed by atoms with Gasteiger partial charge in [-0.05, 0) is 40.7 Å². The molecule has 7 nitrogen and oxygen atoms in total. The van der Waals surface area contributed by atoms with Gasteiger partial charge in [0.1, 0.15) is 23.6 Å². The van der Waals surface area contributed by atoms with Crippen LogP contribution in [0.1, 0.15) is 41.0 Å². The zero-order chi connectivity index (χ0) is 18.6. The van der Waals surface area contributed by atoms with Crippen LogP contribution in [0.3, 0.4) is 0 Å². The van der Waals surface area contributed by atoms with Gasteiger partial charge < -0.3 is 24.2 Å². The molecule has 1 saturated heterocycles. The Morgan fingerprint density at radius 2 is 2.08 bits per heavy atom. The van der Waals surface area contributed by atoms with Gasteiger partial charge in [-0.25, -0.2) is 9.78 Å². The fraction of sp³-hybridized carbons (Fsp3) is 0.667. The van der Waals surface area contributed by atoms with Gasteiger partial charge in [0, 0.05) is 19.0 Å². The van der Waals surface area contributed by atoms with Crippen LogP contribution in [0.15, 0.2) is 18.3 Å². The van der Waals surface area contributed by atoms with Crippen molar-refractivity contribution in [1.82, 2.24) is 9.88 Å². The minimum atomic E-state index is -0.797. The summed E-state index contributed by atoms with van der Waals surface area (Å²) in [6, 6.07) is 3.50. The van der Waals surface area contributed by atoms with Crippen LogP contribution < -0.4 is 9.47 Å². The Morgan fingerprint density at radius 3 is 2.60 bits per heavy atom. The van der Waals surface area contributed by atoms with Gasteiger partial charge in [0.15, 0.2) is 0 Å². The molecule has 0 saturated carbocycles. The van der Waals surface area contributed by atoms with E-state index in [1.165, 1.54) is 4.90 Å². The summed E-state index contributed by atoms with van der Waals surface area (Å²) in [7, 11) is 0. The summed E-state index contributed by atoms with van der Waals surface area (Å²) < 4.78 is 16.6. The van der Waals surface area contributed by atoms with Gasteiger partial charge in [0.25, 0.3) is 0 Å². The van der Waals surface area contributed by atoms with Gasteiger partial charge in [-0.3, -0.25) is 0 Å². The molecule has 140 valence electrons. The SMILES string of the molecule is CC(C)Oc1ccc(OC2CCN(C(=O)OC(C)(C)C)CC2O)nc1. The molecule has 1 aliphatic heterocycles. The molecule has 1 aromatic heterocycles. The Hall–Kier alpha value is -2.02. The number of aliphatic hydroxyl groups excluding tert-OH is 1. The lowest BCUT2D eigenvalue weighted by Crippen LogP contribution is -2.52. The minimum absolute atomic E-state index is 0.0765. The average Bonchev–Trinajstić information content (AvgIpc) is 2.49. The Kier molecular flexibility index (Phi) is 6.11. The lowest BCUT2D eigenvalue weighted by atomic mass is 10.1. The molecule has 2 atom stereocenters. The van der Waals surface area contributed by atoms with Crippen molar-refractivity contribution in [3.63, 3.8) is 0 Å². The molecule has 1 aliphatic rings. The highest BCUT2D eigenvalue weighted by atomic mass is 16.6. The van der Waals surface area contributed by atoms with E-state index in [9.17, 15) is 9.90 Å². The van der Waals surface area contributed by atoms with Crippen LogP contribution in [0, 0.1) is 0 Å². The van der Waals surface area contributed by atoms with Gasteiger partial charge in [-0.2, -0.15) is 0 Å². The van der Waals surface area contributed by atoms with Crippen LogP contribution in [-0.4, -0.2) is 58.1 Å². The third-order valence-corrected chi connectivity index (χ3v) is 3.52. The molecule has 0 bridgehead atoms. The fourth-order valence-electron chi connectivity index (χ4n) is 2.47. The first-order chi connectivity index (χ1) is 11.6. The summed E-state index contributed by atoms with van der Waals surface area (Å²) in [6.07, 6.45) is 0.549. The van der Waals surface area contributed by atoms with E-state index in [0.29, 0.717) is 24.6 Å². The second kappa shape index (κ2) is 7.91. The van der Waals surface area contributed by atoms with E-state index < -0.39 is 23.9 Å². The Bertz CT molecular complexity index is 568. The number of rotatable bonds is 4. The molecule has 7 heteroatoms. The number of hydrogen-bond donors (Lipinski definition) is 1. The predicted octanol–water partition coefficient (Wildman–Crippen LogP) is 2.62. The normalized spacial score (nSPS) is 21.2. The summed E-state index contributed by atoms with van der Waals surface area (Å²) >= 11 is 0. The predicted molar refractivity (Wildman–Crippen MR) is 92.8 cm³/mol. The number of carbonyl (C=O) groups is 1. The maximum Gasteiger partial charge on any atom is 0.410 e. The number of nitrogens with zero attached hydrogens (tertiary/aromatic N) is 2. The molecule has 1 amide bonds. The summed E-state index contributed by atoms with van der Waals surface area (Å²) in [5, 5.41) is 10.3. The number of β-amino-alcohol motifs (C(OH)–C–C–N with tert-alkyl or cyclic N) is 1. The number of carbonyl (C=O) groups excluding carboxylic acids is 1. The summed E-state index contributed by atoms with van der Waals surface area (Å²) in [4.78, 5) is 17.8. The number of aromatic nitrogens is 1. The largest absolute Gasteiger partial charge is 0.489 e. The number of ether oxygens (including phenoxy) is 3. The van der Waals surface area contributed by atoms with Gasteiger partial charge in [-0.1, -0.05) is 0 Å². The van der Waals surface area contributed by atoms with Crippen molar-refractivity contribution >= 4 is 6.09 Å². The first-order valence-electron chi connectivity index (χ1n) is 8.59. The van der Waals surface area contributed by atoms with Crippen molar-refractivity contribution < 1.29 is 24.1 Å². The van der Waals surface area contributed by atoms with Gasteiger partial charge >= 0.3 is 6.09 Å². The molecule has 25 heavy (non-hydrogen) atoms. The number of amides is 1. The van der Waals surface area contributed by atoms with E-state index in [0.717, 1.165) is 0 Å². The third kappa shape index (κ3) is 6.08. The standard InChI is InChI=1S/C18H28N2O5/c1-12(2)23-13-6-7-16(19-10-13)24-15-8-9-20(11-14(15)21)17(22)25-18(3,4)5/h6-7,10,12,14-15,21H,8-9,11H2,1-5H3. The van der Waals surface area contributed by atoms with E-state index in [-0.39, 0.29) is 12.6 Å². The number of hydrogen-bond acceptors (Lipinski definition) is 6. The van der Waals surface area contributed by atoms with E-state index in [4.69, 9.17) is 14.2 Å². The number of pyridine rings is 1. The molecule has 2 unspecified atom stereocenters. The molecule has 0 radical (unpaired) electrons. The highest BCUT2D eigenvalue weighted by Gasteiger charge is 2.33. The Labute approximate surface area is 148 Å². The lowest BCUT2D eigenvalue weighted by Gasteiger charge is -2.36. The van der Waals surface area contributed by atoms with Crippen LogP contribution in [0.5, 0.6) is 11.6 Å². The second-order valence-electron chi connectivity index (χ2n) is 7.44. The van der Waals surface area contributed by atoms with Gasteiger partial charge in [0.05, 0.1) is 18.8 Å². The van der Waals surface area contributed by atoms with Crippen molar-refractivity contribution in [2.45, 2.75) is 65.0 Å². The van der Waals surface area contributed by atoms with Crippen molar-refractivity contribution in [2.24, 2.45) is 0 Å². The van der Waals surface area contributed by atoms with E-state index >= 15 is 0 Å². The van der Waals surface area contributed by atoms with Gasteiger partial charge in [-0.15, -0.1) is 0 Å². The lowest BCUT2D eigenvalue weighted by molar-refractivity contribution is -0.0386. The van der Waals surface area contributed by atoms with Crippen molar-refractivity contribution in [2.75, 3.05) is 13.1 Å². The second-order valence-corrected chi connectivity index (χ2v) is 7.44. The van der Waals surface area contributed by atoms with Crippen LogP contribution >= 0.6 is 0 Å². The van der Waals surface area contributed by atoms with Crippen molar-refractivity contribution in [3.05, 3.63) is 18.3 Å². The van der Waals surface area contributed by atoms with Crippen molar-refractivity contribution in [3.8, 4) is 11.6 Å². The van der Waals surface area contributed by atoms with E-state index in [1.807, 2.05) is 34.6 Å². The number of aliphatic hydroxyl groups is 1. The first kappa shape index (κ1) is 19.3. The molecule has 0 aromatic carbocycles. The molecule has 1 N–H and O–H groups in total. The quantitative estimate of drug-likeness (QED) is 0.897. The zero-order valence-corrected chi connectivity index (χ0v) is 15.6. The monoisotopic (exact) mass is 352 g/mol. The molecule has 1 aromatic rings. The van der Waals surface area contributed by atoms with Gasteiger partial charge in [0.2, 0.25) is 5.88 Å².